The molecular formula is C32H62P2. The van der Waals surface area contributed by atoms with Gasteiger partial charge in [-0.3, -0.25) is 0 Å². The Morgan fingerprint density at radius 1 is 0.500 bits per heavy atom. The van der Waals surface area contributed by atoms with Crippen LogP contribution >= 0.6 is 14.6 Å². The molecule has 0 aliphatic rings. The molecule has 0 fully saturated rings. The Hall–Kier alpha value is 0.0800. The van der Waals surface area contributed by atoms with Crippen LogP contribution in [-0.2, 0) is 6.16 Å². The Kier molecular flexibility index (Phi) is 21.1. The van der Waals surface area contributed by atoms with Crippen molar-refractivity contribution >= 4 is 14.6 Å². The summed E-state index contributed by atoms with van der Waals surface area (Å²) in [4.78, 5) is 0. The molecule has 1 unspecified atom stereocenters. The van der Waals surface area contributed by atoms with Crippen LogP contribution in [0.5, 0.6) is 0 Å². The molecule has 1 atom stereocenters. The summed E-state index contributed by atoms with van der Waals surface area (Å²) in [6.07, 6.45) is 32.6. The van der Waals surface area contributed by atoms with Gasteiger partial charge in [-0.05, 0) is 0 Å². The van der Waals surface area contributed by atoms with Crippen molar-refractivity contribution in [1.82, 2.24) is 0 Å². The third-order valence-corrected chi connectivity index (χ3v) is 21.7. The maximum atomic E-state index is 2.74. The van der Waals surface area contributed by atoms with Crippen molar-refractivity contribution in [3.63, 3.8) is 0 Å². The molecule has 1 aromatic rings. The first kappa shape index (κ1) is 32.1. The third kappa shape index (κ3) is 15.2. The van der Waals surface area contributed by atoms with Crippen molar-refractivity contribution in [2.24, 2.45) is 0 Å². The van der Waals surface area contributed by atoms with Gasteiger partial charge in [0.15, 0.2) is 0 Å². The summed E-state index contributed by atoms with van der Waals surface area (Å²) in [5.74, 6) is 0. The van der Waals surface area contributed by atoms with Crippen LogP contribution in [0.2, 0.25) is 0 Å². The van der Waals surface area contributed by atoms with Crippen LogP contribution in [0, 0.1) is 0 Å². The van der Waals surface area contributed by atoms with E-state index in [4.69, 9.17) is 0 Å². The van der Waals surface area contributed by atoms with Crippen LogP contribution in [0.15, 0.2) is 30.3 Å². The topological polar surface area (TPSA) is 0 Å². The van der Waals surface area contributed by atoms with Gasteiger partial charge < -0.3 is 0 Å². The third-order valence-electron chi connectivity index (χ3n) is 8.06. The van der Waals surface area contributed by atoms with Crippen LogP contribution in [0.1, 0.15) is 142 Å². The minimum atomic E-state index is -1.22. The Labute approximate surface area is 217 Å². The second kappa shape index (κ2) is 22.3. The Morgan fingerprint density at radius 3 is 1.24 bits per heavy atom. The fraction of sp³-hybridized carbons (Fsp3) is 0.812. The monoisotopic (exact) mass is 508 g/mol. The zero-order chi connectivity index (χ0) is 24.7. The summed E-state index contributed by atoms with van der Waals surface area (Å²) in [5, 5.41) is 0. The molecule has 0 saturated heterocycles. The van der Waals surface area contributed by atoms with E-state index in [0.29, 0.717) is 0 Å². The maximum absolute atomic E-state index is 2.74. The van der Waals surface area contributed by atoms with Gasteiger partial charge >= 0.3 is 218 Å². The SMILES string of the molecule is CCCCCCCC[PH](CCCCCCCC)(CCCCCCCC)P(C)Cc1ccccc1. The minimum absolute atomic E-state index is 0.152. The van der Waals surface area contributed by atoms with E-state index in [9.17, 15) is 0 Å². The Morgan fingerprint density at radius 2 is 0.853 bits per heavy atom. The first-order valence-electron chi connectivity index (χ1n) is 15.4. The van der Waals surface area contributed by atoms with E-state index in [0.717, 1.165) is 0 Å². The molecule has 1 rings (SSSR count). The molecule has 0 radical (unpaired) electrons. The molecule has 0 aliphatic heterocycles. The van der Waals surface area contributed by atoms with Gasteiger partial charge in [0.25, 0.3) is 0 Å². The number of hydrogen-bond acceptors (Lipinski definition) is 0. The molecular weight excluding hydrogens is 446 g/mol. The average molecular weight is 509 g/mol. The standard InChI is InChI=1S/C32H62P2/c1-5-8-11-14-17-23-28-34(29-24-18-15-12-9-6-2,30-25-19-16-13-10-7-3)33(4)31-32-26-21-20-22-27-32/h20-22,26-27,34H,5-19,23-25,28-31H2,1-4H3. The summed E-state index contributed by atoms with van der Waals surface area (Å²) >= 11 is 0. The fourth-order valence-electron chi connectivity index (χ4n) is 5.68. The summed E-state index contributed by atoms with van der Waals surface area (Å²) in [6, 6.07) is 11.5. The predicted octanol–water partition coefficient (Wildman–Crippen LogP) is 12.0. The summed E-state index contributed by atoms with van der Waals surface area (Å²) in [5.41, 5.74) is 1.61. The van der Waals surface area contributed by atoms with Gasteiger partial charge in [-0.1, -0.05) is 0 Å². The van der Waals surface area contributed by atoms with Crippen molar-refractivity contribution in [2.75, 3.05) is 25.2 Å². The molecule has 1 aromatic carbocycles. The van der Waals surface area contributed by atoms with E-state index in [1.807, 2.05) is 0 Å². The van der Waals surface area contributed by atoms with E-state index in [1.165, 1.54) is 122 Å². The van der Waals surface area contributed by atoms with E-state index < -0.39 is 6.95 Å². The predicted molar refractivity (Wildman–Crippen MR) is 166 cm³/mol. The van der Waals surface area contributed by atoms with Crippen LogP contribution < -0.4 is 0 Å². The van der Waals surface area contributed by atoms with Gasteiger partial charge in [0.2, 0.25) is 0 Å². The number of unbranched alkanes of at least 4 members (excludes halogenated alkanes) is 15. The molecule has 200 valence electrons. The van der Waals surface area contributed by atoms with E-state index in [1.54, 1.807) is 24.0 Å². The summed E-state index contributed by atoms with van der Waals surface area (Å²) in [7, 11) is 0.152. The zero-order valence-electron chi connectivity index (χ0n) is 23.9. The summed E-state index contributed by atoms with van der Waals surface area (Å²) < 4.78 is 0. The van der Waals surface area contributed by atoms with Crippen LogP contribution in [0.3, 0.4) is 0 Å². The molecule has 2 heteroatoms. The van der Waals surface area contributed by atoms with Crippen molar-refractivity contribution in [3.05, 3.63) is 35.9 Å². The van der Waals surface area contributed by atoms with Gasteiger partial charge in [0, 0.05) is 0 Å². The molecule has 0 heterocycles. The Bertz CT molecular complexity index is 500. The van der Waals surface area contributed by atoms with Crippen LogP contribution in [0.25, 0.3) is 0 Å². The Balaban J connectivity index is 2.80. The average Bonchev–Trinajstić information content (AvgIpc) is 2.85. The molecule has 0 aromatic heterocycles. The van der Waals surface area contributed by atoms with E-state index >= 15 is 0 Å². The number of benzene rings is 1. The van der Waals surface area contributed by atoms with Crippen LogP contribution in [0.4, 0.5) is 0 Å². The summed E-state index contributed by atoms with van der Waals surface area (Å²) in [6.45, 7) is 8.53. The molecule has 0 nitrogen and oxygen atoms in total. The van der Waals surface area contributed by atoms with Gasteiger partial charge in [-0.25, -0.2) is 0 Å². The molecule has 0 amide bonds. The van der Waals surface area contributed by atoms with Crippen molar-refractivity contribution in [1.29, 1.82) is 0 Å². The molecule has 0 saturated carbocycles. The van der Waals surface area contributed by atoms with Crippen molar-refractivity contribution in [3.8, 4) is 0 Å². The second-order valence-corrected chi connectivity index (χ2v) is 21.9. The van der Waals surface area contributed by atoms with Gasteiger partial charge in [0.1, 0.15) is 0 Å². The molecule has 0 aliphatic carbocycles. The van der Waals surface area contributed by atoms with E-state index in [-0.39, 0.29) is 7.61 Å². The number of hydrogen-bond donors (Lipinski definition) is 0. The fourth-order valence-corrected chi connectivity index (χ4v) is 17.8. The molecule has 34 heavy (non-hydrogen) atoms. The van der Waals surface area contributed by atoms with Gasteiger partial charge in [-0.2, -0.15) is 0 Å². The zero-order valence-corrected chi connectivity index (χ0v) is 25.8. The first-order chi connectivity index (χ1) is 16.7. The number of rotatable bonds is 24. The van der Waals surface area contributed by atoms with Crippen molar-refractivity contribution in [2.45, 2.75) is 143 Å². The van der Waals surface area contributed by atoms with Crippen molar-refractivity contribution < 1.29 is 0 Å². The van der Waals surface area contributed by atoms with Gasteiger partial charge in [-0.15, -0.1) is 0 Å². The quantitative estimate of drug-likeness (QED) is 0.0962. The molecule has 0 bridgehead atoms. The second-order valence-electron chi connectivity index (χ2n) is 11.1. The molecule has 0 N–H and O–H groups in total. The molecule has 0 spiro atoms. The van der Waals surface area contributed by atoms with E-state index in [2.05, 4.69) is 57.8 Å². The van der Waals surface area contributed by atoms with Gasteiger partial charge in [0.05, 0.1) is 0 Å². The first-order valence-corrected chi connectivity index (χ1v) is 20.9. The normalized spacial score (nSPS) is 13.3. The van der Waals surface area contributed by atoms with Crippen LogP contribution in [-0.4, -0.2) is 25.2 Å².